The highest BCUT2D eigenvalue weighted by atomic mass is 19.4. The van der Waals surface area contributed by atoms with Gasteiger partial charge in [0.05, 0.1) is 58.9 Å². The van der Waals surface area contributed by atoms with E-state index in [9.17, 15) is 55.1 Å². The van der Waals surface area contributed by atoms with Crippen molar-refractivity contribution >= 4 is 58.6 Å². The topological polar surface area (TPSA) is 199 Å². The predicted molar refractivity (Wildman–Crippen MR) is 284 cm³/mol. The summed E-state index contributed by atoms with van der Waals surface area (Å²) >= 11 is 0. The Morgan fingerprint density at radius 1 is 0.525 bits per heavy atom. The summed E-state index contributed by atoms with van der Waals surface area (Å²) in [5, 5.41) is 0. The van der Waals surface area contributed by atoms with Gasteiger partial charge in [0.2, 0.25) is 11.8 Å². The number of nitrogens with two attached hydrogens (primary N) is 2. The molecule has 18 nitrogen and oxygen atoms in total. The van der Waals surface area contributed by atoms with Gasteiger partial charge in [0.1, 0.15) is 13.1 Å². The van der Waals surface area contributed by atoms with E-state index in [1.807, 2.05) is 0 Å². The molecule has 4 N–H and O–H groups in total. The highest BCUT2D eigenvalue weighted by molar-refractivity contribution is 6.06. The standard InChI is InChI=1S/C56H62F6N10O8/c1-5-79-51(75)47-35(3)71(43-11-7-9-39(31-43)55(57,58)59)53(77)69(49(47)37-13-17-41(63)18-14-37)33-45(73)67-27-23-65(24-28-67)21-22-66-25-29-68(30-26-66)46(74)34-70-50(38-15-19-42(64)20-16-38)48(52(76)80-6-2)36(4)72(54(70)78)44-12-8-10-40(32-44)56(60,61)62/h7-20,31-32,49-50H,5-6,21-30,33-34,63-64H2,1-4H3/t49-,50?/m1/s1. The number of carbonyl (C=O) groups excluding carboxylic acids is 6. The summed E-state index contributed by atoms with van der Waals surface area (Å²) in [7, 11) is 0. The van der Waals surface area contributed by atoms with Gasteiger partial charge < -0.3 is 40.5 Å². The number of amides is 6. The molecule has 2 saturated heterocycles. The van der Waals surface area contributed by atoms with Crippen LogP contribution in [0.1, 0.15) is 62.0 Å². The first kappa shape index (κ1) is 58.0. The zero-order chi connectivity index (χ0) is 57.8. The van der Waals surface area contributed by atoms with E-state index in [1.165, 1.54) is 35.8 Å². The summed E-state index contributed by atoms with van der Waals surface area (Å²) in [5.74, 6) is -2.55. The summed E-state index contributed by atoms with van der Waals surface area (Å²) in [5.41, 5.74) is 11.2. The van der Waals surface area contributed by atoms with Gasteiger partial charge in [-0.15, -0.1) is 0 Å². The van der Waals surface area contributed by atoms with Crippen LogP contribution in [0.15, 0.2) is 120 Å². The minimum absolute atomic E-state index is 0.0302. The number of ether oxygens (including phenoxy) is 2. The zero-order valence-corrected chi connectivity index (χ0v) is 44.6. The van der Waals surface area contributed by atoms with E-state index in [2.05, 4.69) is 9.80 Å². The Labute approximate surface area is 458 Å². The number of piperazine rings is 2. The van der Waals surface area contributed by atoms with Crippen molar-refractivity contribution in [3.05, 3.63) is 142 Å². The van der Waals surface area contributed by atoms with E-state index in [1.54, 1.807) is 72.2 Å². The number of urea groups is 2. The maximum Gasteiger partial charge on any atom is 0.416 e. The number of hydrogen-bond donors (Lipinski definition) is 2. The van der Waals surface area contributed by atoms with Crippen molar-refractivity contribution in [2.75, 3.05) is 113 Å². The predicted octanol–water partition coefficient (Wildman–Crippen LogP) is 7.52. The summed E-state index contributed by atoms with van der Waals surface area (Å²) in [4.78, 5) is 97.3. The van der Waals surface area contributed by atoms with Gasteiger partial charge in [0.25, 0.3) is 0 Å². The fourth-order valence-electron chi connectivity index (χ4n) is 10.5. The van der Waals surface area contributed by atoms with Gasteiger partial charge >= 0.3 is 36.4 Å². The fourth-order valence-corrected chi connectivity index (χ4v) is 10.5. The molecule has 8 rings (SSSR count). The van der Waals surface area contributed by atoms with Gasteiger partial charge in [-0.1, -0.05) is 36.4 Å². The highest BCUT2D eigenvalue weighted by Crippen LogP contribution is 2.44. The minimum Gasteiger partial charge on any atom is -0.463 e. The number of nitrogens with zero attached hydrogens (tertiary/aromatic N) is 8. The number of alkyl halides is 6. The van der Waals surface area contributed by atoms with Crippen molar-refractivity contribution in [1.82, 2.24) is 29.4 Å². The fraction of sp³-hybridized carbons (Fsp3) is 0.393. The highest BCUT2D eigenvalue weighted by Gasteiger charge is 2.47. The van der Waals surface area contributed by atoms with Crippen molar-refractivity contribution in [3.8, 4) is 0 Å². The van der Waals surface area contributed by atoms with Crippen LogP contribution in [0, 0.1) is 0 Å². The largest absolute Gasteiger partial charge is 0.463 e. The van der Waals surface area contributed by atoms with E-state index in [4.69, 9.17) is 20.9 Å². The molecule has 4 heterocycles. The van der Waals surface area contributed by atoms with Crippen LogP contribution in [0.2, 0.25) is 0 Å². The normalized spacial score (nSPS) is 19.0. The Kier molecular flexibility index (Phi) is 17.5. The van der Waals surface area contributed by atoms with Gasteiger partial charge in [-0.2, -0.15) is 26.3 Å². The average Bonchev–Trinajstić information content (AvgIpc) is 3.62. The molecule has 2 atom stereocenters. The minimum atomic E-state index is -4.74. The van der Waals surface area contributed by atoms with Crippen molar-refractivity contribution in [3.63, 3.8) is 0 Å². The van der Waals surface area contributed by atoms with Crippen molar-refractivity contribution in [2.45, 2.75) is 52.1 Å². The monoisotopic (exact) mass is 1120 g/mol. The molecule has 4 aromatic rings. The Balaban J connectivity index is 0.919. The maximum atomic E-state index is 14.7. The quantitative estimate of drug-likeness (QED) is 0.0676. The molecule has 4 aliphatic heterocycles. The number of nitrogen functional groups attached to an aromatic ring is 2. The summed E-state index contributed by atoms with van der Waals surface area (Å²) < 4.78 is 94.6. The van der Waals surface area contributed by atoms with E-state index >= 15 is 0 Å². The van der Waals surface area contributed by atoms with E-state index in [0.717, 1.165) is 46.2 Å². The molecule has 0 aromatic heterocycles. The molecule has 4 aliphatic rings. The van der Waals surface area contributed by atoms with Crippen LogP contribution >= 0.6 is 0 Å². The molecule has 4 aromatic carbocycles. The second-order valence-electron chi connectivity index (χ2n) is 19.6. The Morgan fingerprint density at radius 2 is 0.863 bits per heavy atom. The van der Waals surface area contributed by atoms with E-state index in [-0.39, 0.29) is 73.3 Å². The third kappa shape index (κ3) is 12.5. The summed E-state index contributed by atoms with van der Waals surface area (Å²) in [6.45, 7) is 9.03. The molecule has 0 bridgehead atoms. The van der Waals surface area contributed by atoms with Gasteiger partial charge in [0, 0.05) is 88.2 Å². The van der Waals surface area contributed by atoms with Crippen molar-refractivity contribution in [2.24, 2.45) is 0 Å². The second-order valence-corrected chi connectivity index (χ2v) is 19.6. The molecule has 0 spiro atoms. The SMILES string of the molecule is CCOC(=O)C1=C(C)N(c2cccc(C(F)(F)F)c2)C(=O)N(CC(=O)N2CCN(CCN3CCN(C(=O)CN4C(=O)N(c5cccc(C(F)(F)F)c5)C(C)=C(C(=O)OCC)[C@H]4c4ccc(N)cc4)CC3)CC2)C1c1ccc(N)cc1. The number of hydrogen-bond acceptors (Lipinski definition) is 12. The van der Waals surface area contributed by atoms with Gasteiger partial charge in [-0.3, -0.25) is 29.2 Å². The lowest BCUT2D eigenvalue weighted by atomic mass is 9.92. The number of rotatable bonds is 15. The first-order valence-electron chi connectivity index (χ1n) is 26.0. The smallest absolute Gasteiger partial charge is 0.416 e. The number of benzene rings is 4. The average molecular weight is 1120 g/mol. The molecule has 2 fully saturated rings. The first-order chi connectivity index (χ1) is 38.0. The Morgan fingerprint density at radius 3 is 1.18 bits per heavy atom. The number of carbonyl (C=O) groups is 6. The number of esters is 2. The zero-order valence-electron chi connectivity index (χ0n) is 44.6. The first-order valence-corrected chi connectivity index (χ1v) is 26.0. The second kappa shape index (κ2) is 24.1. The van der Waals surface area contributed by atoms with Crippen molar-refractivity contribution < 1.29 is 64.6 Å². The Bertz CT molecular complexity index is 2840. The van der Waals surface area contributed by atoms with Gasteiger partial charge in [-0.25, -0.2) is 19.2 Å². The summed E-state index contributed by atoms with van der Waals surface area (Å²) in [6.07, 6.45) is -9.49. The van der Waals surface area contributed by atoms with Crippen LogP contribution in [0.4, 0.5) is 58.7 Å². The molecule has 1 unspecified atom stereocenters. The molecule has 0 saturated carbocycles. The maximum absolute atomic E-state index is 14.7. The lowest BCUT2D eigenvalue weighted by molar-refractivity contribution is -0.140. The number of allylic oxidation sites excluding steroid dienone is 2. The van der Waals surface area contributed by atoms with Crippen LogP contribution in [0.3, 0.4) is 0 Å². The molecule has 24 heteroatoms. The Hall–Kier alpha value is -8.12. The molecular weight excluding hydrogens is 1050 g/mol. The van der Waals surface area contributed by atoms with Crippen LogP contribution < -0.4 is 21.3 Å². The van der Waals surface area contributed by atoms with Crippen molar-refractivity contribution in [1.29, 1.82) is 0 Å². The van der Waals surface area contributed by atoms with Crippen LogP contribution in [-0.2, 0) is 41.0 Å². The third-order valence-corrected chi connectivity index (χ3v) is 14.6. The molecule has 0 aliphatic carbocycles. The van der Waals surface area contributed by atoms with Gasteiger partial charge in [-0.05, 0) is 99.5 Å². The third-order valence-electron chi connectivity index (χ3n) is 14.6. The molecule has 80 heavy (non-hydrogen) atoms. The lowest BCUT2D eigenvalue weighted by Gasteiger charge is -2.44. The van der Waals surface area contributed by atoms with Crippen LogP contribution in [0.5, 0.6) is 0 Å². The van der Waals surface area contributed by atoms with Gasteiger partial charge in [0.15, 0.2) is 0 Å². The van der Waals surface area contributed by atoms with Crippen LogP contribution in [-0.4, -0.2) is 157 Å². The van der Waals surface area contributed by atoms with Crippen LogP contribution in [0.25, 0.3) is 0 Å². The molecular formula is C56H62F6N10O8. The van der Waals surface area contributed by atoms with E-state index < -0.39 is 84.5 Å². The summed E-state index contributed by atoms with van der Waals surface area (Å²) in [6, 6.07) is 17.0. The molecule has 426 valence electrons. The molecule has 6 amide bonds. The van der Waals surface area contributed by atoms with E-state index in [0.29, 0.717) is 61.8 Å². The molecule has 0 radical (unpaired) electrons. The lowest BCUT2D eigenvalue weighted by Crippen LogP contribution is -2.57. The number of anilines is 4. The number of halogens is 6.